The Morgan fingerprint density at radius 2 is 1.80 bits per heavy atom. The minimum atomic E-state index is -0.0491. The van der Waals surface area contributed by atoms with Crippen LogP contribution in [0.25, 0.3) is 0 Å². The van der Waals surface area contributed by atoms with Crippen molar-refractivity contribution in [3.05, 3.63) is 52.8 Å². The monoisotopic (exact) mass is 269 g/mol. The summed E-state index contributed by atoms with van der Waals surface area (Å²) >= 11 is 0. The molecule has 0 saturated carbocycles. The normalized spacial score (nSPS) is 13.1. The molecule has 0 saturated heterocycles. The molecule has 1 aliphatic heterocycles. The second kappa shape index (κ2) is 4.96. The van der Waals surface area contributed by atoms with Crippen molar-refractivity contribution in [1.29, 1.82) is 0 Å². The molecule has 0 fully saturated rings. The zero-order chi connectivity index (χ0) is 14.1. The molecule has 4 nitrogen and oxygen atoms in total. The van der Waals surface area contributed by atoms with E-state index in [1.807, 2.05) is 26.0 Å². The molecule has 3 rings (SSSR count). The number of hydrogen-bond acceptors (Lipinski definition) is 4. The van der Waals surface area contributed by atoms with E-state index in [2.05, 4.69) is 4.98 Å². The number of aryl methyl sites for hydroxylation is 2. The molecule has 20 heavy (non-hydrogen) atoms. The van der Waals surface area contributed by atoms with Crippen LogP contribution >= 0.6 is 0 Å². The number of ether oxygens (including phenoxy) is 2. The number of aromatic nitrogens is 1. The lowest BCUT2D eigenvalue weighted by atomic mass is 10.0. The second-order valence-electron chi connectivity index (χ2n) is 4.77. The summed E-state index contributed by atoms with van der Waals surface area (Å²) in [5.41, 5.74) is 2.85. The molecular formula is C16H15NO3. The van der Waals surface area contributed by atoms with Gasteiger partial charge in [-0.2, -0.15) is 0 Å². The topological polar surface area (TPSA) is 48.4 Å². The summed E-state index contributed by atoms with van der Waals surface area (Å²) in [6, 6.07) is 8.93. The maximum Gasteiger partial charge on any atom is 0.194 e. The zero-order valence-electron chi connectivity index (χ0n) is 11.5. The Morgan fingerprint density at radius 1 is 1.05 bits per heavy atom. The number of carbonyl (C=O) groups is 1. The van der Waals surface area contributed by atoms with Gasteiger partial charge in [0.15, 0.2) is 17.3 Å². The summed E-state index contributed by atoms with van der Waals surface area (Å²) in [7, 11) is 0. The third kappa shape index (κ3) is 2.25. The van der Waals surface area contributed by atoms with E-state index in [9.17, 15) is 4.79 Å². The number of nitrogens with zero attached hydrogens (tertiary/aromatic N) is 1. The van der Waals surface area contributed by atoms with Crippen LogP contribution in [0.4, 0.5) is 0 Å². The van der Waals surface area contributed by atoms with Gasteiger partial charge in [-0.05, 0) is 44.2 Å². The molecule has 0 bridgehead atoms. The Hall–Kier alpha value is -2.36. The Morgan fingerprint density at radius 3 is 2.55 bits per heavy atom. The van der Waals surface area contributed by atoms with Crippen molar-refractivity contribution in [3.8, 4) is 11.5 Å². The summed E-state index contributed by atoms with van der Waals surface area (Å²) in [6.45, 7) is 4.81. The van der Waals surface area contributed by atoms with Crippen LogP contribution in [0.1, 0.15) is 27.3 Å². The maximum absolute atomic E-state index is 12.5. The molecule has 1 aromatic heterocycles. The van der Waals surface area contributed by atoms with E-state index in [0.29, 0.717) is 35.8 Å². The quantitative estimate of drug-likeness (QED) is 0.786. The van der Waals surface area contributed by atoms with E-state index in [0.717, 1.165) is 11.4 Å². The minimum Gasteiger partial charge on any atom is -0.486 e. The number of ketones is 1. The van der Waals surface area contributed by atoms with Gasteiger partial charge in [0.05, 0.1) is 0 Å². The molecule has 1 aliphatic rings. The molecule has 0 atom stereocenters. The van der Waals surface area contributed by atoms with Crippen molar-refractivity contribution in [2.75, 3.05) is 13.2 Å². The van der Waals surface area contributed by atoms with Gasteiger partial charge in [-0.25, -0.2) is 0 Å². The minimum absolute atomic E-state index is 0.0491. The van der Waals surface area contributed by atoms with Crippen LogP contribution in [-0.4, -0.2) is 24.0 Å². The van der Waals surface area contributed by atoms with Gasteiger partial charge in [0, 0.05) is 22.5 Å². The van der Waals surface area contributed by atoms with Gasteiger partial charge in [0.25, 0.3) is 0 Å². The largest absolute Gasteiger partial charge is 0.486 e. The predicted octanol–water partition coefficient (Wildman–Crippen LogP) is 2.70. The van der Waals surface area contributed by atoms with E-state index in [4.69, 9.17) is 9.47 Å². The van der Waals surface area contributed by atoms with Gasteiger partial charge in [0.2, 0.25) is 0 Å². The summed E-state index contributed by atoms with van der Waals surface area (Å²) in [4.78, 5) is 16.9. The Bertz CT molecular complexity index is 679. The van der Waals surface area contributed by atoms with Gasteiger partial charge >= 0.3 is 0 Å². The van der Waals surface area contributed by atoms with Crippen LogP contribution in [0.2, 0.25) is 0 Å². The van der Waals surface area contributed by atoms with E-state index in [-0.39, 0.29) is 5.78 Å². The fraction of sp³-hybridized carbons (Fsp3) is 0.250. The van der Waals surface area contributed by atoms with E-state index in [1.54, 1.807) is 18.2 Å². The highest BCUT2D eigenvalue weighted by Gasteiger charge is 2.17. The van der Waals surface area contributed by atoms with Gasteiger partial charge in [-0.3, -0.25) is 9.78 Å². The number of pyridine rings is 1. The highest BCUT2D eigenvalue weighted by atomic mass is 16.6. The fourth-order valence-corrected chi connectivity index (χ4v) is 2.27. The third-order valence-electron chi connectivity index (χ3n) is 3.27. The summed E-state index contributed by atoms with van der Waals surface area (Å²) < 4.78 is 11.0. The van der Waals surface area contributed by atoms with Crippen LogP contribution in [0.15, 0.2) is 30.3 Å². The van der Waals surface area contributed by atoms with Crippen molar-refractivity contribution < 1.29 is 14.3 Å². The lowest BCUT2D eigenvalue weighted by Gasteiger charge is -2.18. The van der Waals surface area contributed by atoms with Gasteiger partial charge < -0.3 is 9.47 Å². The van der Waals surface area contributed by atoms with Crippen molar-refractivity contribution in [1.82, 2.24) is 4.98 Å². The summed E-state index contributed by atoms with van der Waals surface area (Å²) in [5.74, 6) is 1.26. The van der Waals surface area contributed by atoms with Crippen LogP contribution in [0.3, 0.4) is 0 Å². The number of hydrogen-bond donors (Lipinski definition) is 0. The average Bonchev–Trinajstić information content (AvgIpc) is 2.46. The molecule has 0 radical (unpaired) electrons. The molecule has 2 aromatic rings. The number of carbonyl (C=O) groups excluding carboxylic acids is 1. The van der Waals surface area contributed by atoms with Crippen molar-refractivity contribution >= 4 is 5.78 Å². The third-order valence-corrected chi connectivity index (χ3v) is 3.27. The zero-order valence-corrected chi connectivity index (χ0v) is 11.5. The lowest BCUT2D eigenvalue weighted by Crippen LogP contribution is -2.16. The molecular weight excluding hydrogens is 254 g/mol. The molecule has 2 heterocycles. The number of rotatable bonds is 2. The van der Waals surface area contributed by atoms with Crippen LogP contribution in [-0.2, 0) is 0 Å². The summed E-state index contributed by atoms with van der Waals surface area (Å²) in [5, 5.41) is 0. The molecule has 102 valence electrons. The molecule has 0 N–H and O–H groups in total. The Labute approximate surface area is 117 Å². The smallest absolute Gasteiger partial charge is 0.194 e. The average molecular weight is 269 g/mol. The molecule has 0 aliphatic carbocycles. The first kappa shape index (κ1) is 12.7. The van der Waals surface area contributed by atoms with E-state index in [1.165, 1.54) is 0 Å². The van der Waals surface area contributed by atoms with Crippen LogP contribution < -0.4 is 9.47 Å². The maximum atomic E-state index is 12.5. The first-order chi connectivity index (χ1) is 9.65. The van der Waals surface area contributed by atoms with Gasteiger partial charge in [0.1, 0.15) is 13.2 Å². The highest BCUT2D eigenvalue weighted by molar-refractivity contribution is 6.10. The van der Waals surface area contributed by atoms with Crippen LogP contribution in [0.5, 0.6) is 11.5 Å². The molecule has 1 aromatic carbocycles. The first-order valence-corrected chi connectivity index (χ1v) is 6.54. The first-order valence-electron chi connectivity index (χ1n) is 6.54. The molecule has 0 spiro atoms. The predicted molar refractivity (Wildman–Crippen MR) is 74.6 cm³/mol. The standard InChI is InChI=1S/C16H15NO3/c1-10-3-5-13(11(2)17-10)16(18)12-4-6-14-15(9-12)20-8-7-19-14/h3-6,9H,7-8H2,1-2H3. The van der Waals surface area contributed by atoms with Gasteiger partial charge in [-0.1, -0.05) is 0 Å². The Balaban J connectivity index is 1.98. The van der Waals surface area contributed by atoms with Crippen molar-refractivity contribution in [3.63, 3.8) is 0 Å². The molecule has 0 unspecified atom stereocenters. The van der Waals surface area contributed by atoms with Crippen molar-refractivity contribution in [2.45, 2.75) is 13.8 Å². The Kier molecular flexibility index (Phi) is 3.14. The summed E-state index contributed by atoms with van der Waals surface area (Å²) in [6.07, 6.45) is 0. The SMILES string of the molecule is Cc1ccc(C(=O)c2ccc3c(c2)OCCO3)c(C)n1. The molecule has 0 amide bonds. The molecule has 4 heteroatoms. The number of benzene rings is 1. The second-order valence-corrected chi connectivity index (χ2v) is 4.77. The van der Waals surface area contributed by atoms with Gasteiger partial charge in [-0.15, -0.1) is 0 Å². The lowest BCUT2D eigenvalue weighted by molar-refractivity contribution is 0.103. The van der Waals surface area contributed by atoms with E-state index < -0.39 is 0 Å². The van der Waals surface area contributed by atoms with Crippen molar-refractivity contribution in [2.24, 2.45) is 0 Å². The highest BCUT2D eigenvalue weighted by Crippen LogP contribution is 2.31. The van der Waals surface area contributed by atoms with E-state index >= 15 is 0 Å². The number of fused-ring (bicyclic) bond motifs is 1. The van der Waals surface area contributed by atoms with Crippen LogP contribution in [0, 0.1) is 13.8 Å². The fourth-order valence-electron chi connectivity index (χ4n) is 2.27.